The van der Waals surface area contributed by atoms with Crippen LogP contribution in [0.1, 0.15) is 6.92 Å². The predicted octanol–water partition coefficient (Wildman–Crippen LogP) is -3.07. The Bertz CT molecular complexity index is 250. The van der Waals surface area contributed by atoms with Gasteiger partial charge in [0.05, 0.1) is 25.3 Å². The van der Waals surface area contributed by atoms with Crippen LogP contribution in [0.25, 0.3) is 0 Å². The van der Waals surface area contributed by atoms with E-state index in [2.05, 4.69) is 5.32 Å². The summed E-state index contributed by atoms with van der Waals surface area (Å²) < 4.78 is 5.26. The summed E-state index contributed by atoms with van der Waals surface area (Å²) in [6.45, 7) is 1.05. The smallest absolute Gasteiger partial charge is 0.234 e. The topological polar surface area (TPSA) is 125 Å². The van der Waals surface area contributed by atoms with E-state index in [1.54, 1.807) is 6.92 Å². The lowest BCUT2D eigenvalue weighted by Crippen LogP contribution is -2.63. The third-order valence-electron chi connectivity index (χ3n) is 2.69. The molecule has 1 rings (SSSR count). The molecular weight excluding hydrogens is 216 g/mol. The lowest BCUT2D eigenvalue weighted by atomic mass is 9.93. The van der Waals surface area contributed by atoms with E-state index in [4.69, 9.17) is 15.6 Å². The third kappa shape index (κ3) is 2.69. The first kappa shape index (κ1) is 13.3. The van der Waals surface area contributed by atoms with Gasteiger partial charge in [-0.3, -0.25) is 4.79 Å². The van der Waals surface area contributed by atoms with Crippen LogP contribution in [0.5, 0.6) is 0 Å². The average molecular weight is 234 g/mol. The molecule has 0 aromatic heterocycles. The fraction of sp³-hybridized carbons (Fsp3) is 0.889. The summed E-state index contributed by atoms with van der Waals surface area (Å²) in [4.78, 5) is 11.1. The lowest BCUT2D eigenvalue weighted by Gasteiger charge is -2.41. The maximum Gasteiger partial charge on any atom is 0.234 e. The van der Waals surface area contributed by atoms with E-state index < -0.39 is 36.4 Å². The molecule has 16 heavy (non-hydrogen) atoms. The average Bonchev–Trinajstić information content (AvgIpc) is 2.28. The summed E-state index contributed by atoms with van der Waals surface area (Å²) >= 11 is 0. The molecule has 1 aliphatic heterocycles. The number of carbonyl (C=O) groups is 1. The van der Waals surface area contributed by atoms with E-state index in [0.29, 0.717) is 0 Å². The highest BCUT2D eigenvalue weighted by atomic mass is 16.5. The van der Waals surface area contributed by atoms with Crippen LogP contribution in [0.4, 0.5) is 0 Å². The van der Waals surface area contributed by atoms with Gasteiger partial charge in [0.1, 0.15) is 18.3 Å². The summed E-state index contributed by atoms with van der Waals surface area (Å²) in [5.41, 5.74) is 5.13. The predicted molar refractivity (Wildman–Crippen MR) is 54.4 cm³/mol. The molecule has 1 heterocycles. The minimum absolute atomic E-state index is 0.199. The van der Waals surface area contributed by atoms with Gasteiger partial charge < -0.3 is 31.1 Å². The van der Waals surface area contributed by atoms with Gasteiger partial charge in [0.25, 0.3) is 0 Å². The molecule has 5 unspecified atom stereocenters. The van der Waals surface area contributed by atoms with Crippen molar-refractivity contribution in [2.24, 2.45) is 5.73 Å². The van der Waals surface area contributed by atoms with E-state index in [9.17, 15) is 15.0 Å². The first-order valence-electron chi connectivity index (χ1n) is 5.13. The van der Waals surface area contributed by atoms with Crippen molar-refractivity contribution in [1.82, 2.24) is 5.32 Å². The molecule has 0 bridgehead atoms. The molecule has 0 aliphatic carbocycles. The van der Waals surface area contributed by atoms with Crippen molar-refractivity contribution >= 4 is 5.91 Å². The lowest BCUT2D eigenvalue weighted by molar-refractivity contribution is -0.190. The zero-order valence-corrected chi connectivity index (χ0v) is 9.04. The molecule has 0 aromatic rings. The number of hydrogen-bond donors (Lipinski definition) is 5. The van der Waals surface area contributed by atoms with Gasteiger partial charge >= 0.3 is 0 Å². The molecule has 0 saturated carbocycles. The molecule has 7 nitrogen and oxygen atoms in total. The van der Waals surface area contributed by atoms with E-state index in [-0.39, 0.29) is 13.2 Å². The largest absolute Gasteiger partial charge is 0.394 e. The van der Waals surface area contributed by atoms with Crippen molar-refractivity contribution in [2.75, 3.05) is 13.2 Å². The van der Waals surface area contributed by atoms with Crippen molar-refractivity contribution in [3.05, 3.63) is 0 Å². The molecule has 1 fully saturated rings. The fourth-order valence-electron chi connectivity index (χ4n) is 1.75. The highest BCUT2D eigenvalue weighted by Gasteiger charge is 2.42. The van der Waals surface area contributed by atoms with Gasteiger partial charge in [-0.05, 0) is 6.92 Å². The van der Waals surface area contributed by atoms with E-state index in [1.165, 1.54) is 0 Å². The molecule has 0 spiro atoms. The first-order valence-corrected chi connectivity index (χ1v) is 5.13. The van der Waals surface area contributed by atoms with E-state index in [0.717, 1.165) is 0 Å². The van der Waals surface area contributed by atoms with E-state index in [1.807, 2.05) is 0 Å². The Hall–Kier alpha value is -0.730. The number of aliphatic hydroxyl groups is 3. The molecule has 5 atom stereocenters. The third-order valence-corrected chi connectivity index (χ3v) is 2.69. The van der Waals surface area contributed by atoms with Crippen LogP contribution in [0.15, 0.2) is 0 Å². The Labute approximate surface area is 93.2 Å². The number of hydrogen-bond acceptors (Lipinski definition) is 6. The van der Waals surface area contributed by atoms with Crippen LogP contribution in [0, 0.1) is 0 Å². The van der Waals surface area contributed by atoms with Crippen molar-refractivity contribution in [3.8, 4) is 0 Å². The molecule has 1 amide bonds. The molecule has 7 heteroatoms. The minimum Gasteiger partial charge on any atom is -0.394 e. The van der Waals surface area contributed by atoms with Crippen LogP contribution in [-0.4, -0.2) is 64.8 Å². The molecule has 94 valence electrons. The van der Waals surface area contributed by atoms with Crippen LogP contribution in [0.3, 0.4) is 0 Å². The SMILES string of the molecule is CC1OC(CO)C(O)C(O)C1NC(=O)CN. The maximum atomic E-state index is 11.1. The van der Waals surface area contributed by atoms with Crippen LogP contribution >= 0.6 is 0 Å². The van der Waals surface area contributed by atoms with Gasteiger partial charge in [0.15, 0.2) is 0 Å². The van der Waals surface area contributed by atoms with Crippen LogP contribution in [0.2, 0.25) is 0 Å². The van der Waals surface area contributed by atoms with Crippen molar-refractivity contribution < 1.29 is 24.9 Å². The van der Waals surface area contributed by atoms with Gasteiger partial charge in [-0.2, -0.15) is 0 Å². The number of nitrogens with one attached hydrogen (secondary N) is 1. The highest BCUT2D eigenvalue weighted by molar-refractivity contribution is 5.78. The number of amides is 1. The Balaban J connectivity index is 2.67. The normalized spacial score (nSPS) is 39.4. The standard InChI is InChI=1S/C9H18N2O5/c1-4-7(11-6(13)2-10)9(15)8(14)5(3-12)16-4/h4-5,7-9,12,14-15H,2-3,10H2,1H3,(H,11,13). The summed E-state index contributed by atoms with van der Waals surface area (Å²) in [6, 6.07) is -0.728. The maximum absolute atomic E-state index is 11.1. The van der Waals surface area contributed by atoms with E-state index >= 15 is 0 Å². The fourth-order valence-corrected chi connectivity index (χ4v) is 1.75. The Morgan fingerprint density at radius 1 is 1.44 bits per heavy atom. The second-order valence-corrected chi connectivity index (χ2v) is 3.84. The van der Waals surface area contributed by atoms with Crippen LogP contribution in [-0.2, 0) is 9.53 Å². The molecule has 0 radical (unpaired) electrons. The summed E-state index contributed by atoms with van der Waals surface area (Å²) in [7, 11) is 0. The van der Waals surface area contributed by atoms with Gasteiger partial charge in [0.2, 0.25) is 5.91 Å². The number of rotatable bonds is 3. The second kappa shape index (κ2) is 5.55. The van der Waals surface area contributed by atoms with Crippen molar-refractivity contribution in [2.45, 2.75) is 37.4 Å². The molecular formula is C9H18N2O5. The van der Waals surface area contributed by atoms with Gasteiger partial charge in [-0.1, -0.05) is 0 Å². The zero-order chi connectivity index (χ0) is 12.3. The molecule has 0 aromatic carbocycles. The van der Waals surface area contributed by atoms with Crippen molar-refractivity contribution in [3.63, 3.8) is 0 Å². The summed E-state index contributed by atoms with van der Waals surface area (Å²) in [5, 5.41) is 30.7. The summed E-state index contributed by atoms with van der Waals surface area (Å²) in [6.07, 6.45) is -3.76. The zero-order valence-electron chi connectivity index (χ0n) is 9.04. The van der Waals surface area contributed by atoms with Gasteiger partial charge in [0, 0.05) is 0 Å². The number of ether oxygens (including phenoxy) is 1. The molecule has 1 saturated heterocycles. The Morgan fingerprint density at radius 2 is 2.06 bits per heavy atom. The first-order chi connectivity index (χ1) is 7.51. The molecule has 1 aliphatic rings. The van der Waals surface area contributed by atoms with Crippen molar-refractivity contribution in [1.29, 1.82) is 0 Å². The number of aliphatic hydroxyl groups excluding tert-OH is 3. The quantitative estimate of drug-likeness (QED) is 0.353. The van der Waals surface area contributed by atoms with Gasteiger partial charge in [-0.25, -0.2) is 0 Å². The van der Waals surface area contributed by atoms with Crippen LogP contribution < -0.4 is 11.1 Å². The Morgan fingerprint density at radius 3 is 2.56 bits per heavy atom. The second-order valence-electron chi connectivity index (χ2n) is 3.84. The minimum atomic E-state index is -1.23. The Kier molecular flexibility index (Phi) is 4.63. The molecule has 6 N–H and O–H groups in total. The number of carbonyl (C=O) groups excluding carboxylic acids is 1. The number of nitrogens with two attached hydrogens (primary N) is 1. The van der Waals surface area contributed by atoms with Gasteiger partial charge in [-0.15, -0.1) is 0 Å². The highest BCUT2D eigenvalue weighted by Crippen LogP contribution is 2.20. The monoisotopic (exact) mass is 234 g/mol. The summed E-state index contributed by atoms with van der Waals surface area (Å²) in [5.74, 6) is -0.436.